The third-order valence-corrected chi connectivity index (χ3v) is 6.01. The Balaban J connectivity index is 1.77. The number of likely N-dealkylation sites (N-methyl/N-ethyl adjacent to an activating group) is 1. The van der Waals surface area contributed by atoms with Crippen LogP contribution in [0.4, 0.5) is 5.69 Å². The van der Waals surface area contributed by atoms with Gasteiger partial charge < -0.3 is 20.5 Å². The van der Waals surface area contributed by atoms with Crippen LogP contribution in [0.3, 0.4) is 0 Å². The van der Waals surface area contributed by atoms with Gasteiger partial charge in [0.15, 0.2) is 0 Å². The standard InChI is InChI=1S/C22H22N4O2/c1-2-25-12-19(27)26-18(22(25)28)11-15-13-7-4-6-10-17(13)24-20(15)21(26)14-8-3-5-9-16(14)23/h3-10,18,21,24H,2,11-12,23H2,1H3/t18?,21-/m1/s1. The molecule has 0 saturated carbocycles. The van der Waals surface area contributed by atoms with Gasteiger partial charge in [0.1, 0.15) is 12.1 Å². The van der Waals surface area contributed by atoms with Crippen molar-refractivity contribution >= 4 is 28.4 Å². The summed E-state index contributed by atoms with van der Waals surface area (Å²) in [5.41, 5.74) is 10.9. The number of piperazine rings is 1. The first-order valence-electron chi connectivity index (χ1n) is 9.64. The highest BCUT2D eigenvalue weighted by Gasteiger charge is 2.48. The second-order valence-corrected chi connectivity index (χ2v) is 7.47. The molecule has 3 heterocycles. The summed E-state index contributed by atoms with van der Waals surface area (Å²) in [5, 5.41) is 1.10. The van der Waals surface area contributed by atoms with Crippen molar-refractivity contribution < 1.29 is 9.59 Å². The molecule has 6 heteroatoms. The van der Waals surface area contributed by atoms with Gasteiger partial charge in [-0.2, -0.15) is 0 Å². The zero-order chi connectivity index (χ0) is 19.4. The second-order valence-electron chi connectivity index (χ2n) is 7.47. The first kappa shape index (κ1) is 16.9. The molecule has 1 fully saturated rings. The van der Waals surface area contributed by atoms with Crippen LogP contribution >= 0.6 is 0 Å². The molecular weight excluding hydrogens is 352 g/mol. The van der Waals surface area contributed by atoms with E-state index in [2.05, 4.69) is 11.1 Å². The third-order valence-electron chi connectivity index (χ3n) is 6.01. The quantitative estimate of drug-likeness (QED) is 0.676. The highest BCUT2D eigenvalue weighted by molar-refractivity contribution is 5.97. The van der Waals surface area contributed by atoms with Gasteiger partial charge in [0.2, 0.25) is 11.8 Å². The minimum atomic E-state index is -0.502. The lowest BCUT2D eigenvalue weighted by Crippen LogP contribution is -2.62. The van der Waals surface area contributed by atoms with E-state index in [1.54, 1.807) is 9.80 Å². The summed E-state index contributed by atoms with van der Waals surface area (Å²) >= 11 is 0. The Labute approximate surface area is 162 Å². The molecule has 2 atom stereocenters. The van der Waals surface area contributed by atoms with Gasteiger partial charge >= 0.3 is 0 Å². The van der Waals surface area contributed by atoms with E-state index in [1.165, 1.54) is 0 Å². The number of carbonyl (C=O) groups is 2. The summed E-state index contributed by atoms with van der Waals surface area (Å²) < 4.78 is 0. The number of H-pyrrole nitrogens is 1. The number of para-hydroxylation sites is 2. The van der Waals surface area contributed by atoms with Gasteiger partial charge in [0.05, 0.1) is 6.54 Å². The summed E-state index contributed by atoms with van der Waals surface area (Å²) in [5.74, 6) is -0.0263. The number of aromatic nitrogens is 1. The molecule has 0 spiro atoms. The Morgan fingerprint density at radius 3 is 2.64 bits per heavy atom. The van der Waals surface area contributed by atoms with Gasteiger partial charge in [-0.05, 0) is 24.6 Å². The average molecular weight is 374 g/mol. The zero-order valence-corrected chi connectivity index (χ0v) is 15.7. The molecule has 2 amide bonds. The summed E-state index contributed by atoms with van der Waals surface area (Å²) in [6.07, 6.45) is 0.518. The number of nitrogens with one attached hydrogen (secondary N) is 1. The number of hydrogen-bond acceptors (Lipinski definition) is 3. The normalized spacial score (nSPS) is 21.8. The molecule has 0 bridgehead atoms. The predicted octanol–water partition coefficient (Wildman–Crippen LogP) is 2.45. The molecule has 3 N–H and O–H groups in total. The molecule has 3 aromatic rings. The third kappa shape index (κ3) is 2.27. The van der Waals surface area contributed by atoms with E-state index in [4.69, 9.17) is 5.73 Å². The summed E-state index contributed by atoms with van der Waals surface area (Å²) in [6, 6.07) is 14.8. The molecule has 6 nitrogen and oxygen atoms in total. The summed E-state index contributed by atoms with van der Waals surface area (Å²) in [6.45, 7) is 2.56. The number of anilines is 1. The minimum absolute atomic E-state index is 0.0116. The summed E-state index contributed by atoms with van der Waals surface area (Å²) in [7, 11) is 0. The van der Waals surface area contributed by atoms with E-state index in [0.29, 0.717) is 18.7 Å². The monoisotopic (exact) mass is 374 g/mol. The summed E-state index contributed by atoms with van der Waals surface area (Å²) in [4.78, 5) is 33.2. The fourth-order valence-electron chi connectivity index (χ4n) is 4.68. The van der Waals surface area contributed by atoms with Crippen molar-refractivity contribution in [2.45, 2.75) is 25.4 Å². The van der Waals surface area contributed by atoms with E-state index in [-0.39, 0.29) is 18.4 Å². The van der Waals surface area contributed by atoms with Crippen LogP contribution in [-0.2, 0) is 16.0 Å². The van der Waals surface area contributed by atoms with Crippen LogP contribution in [0.5, 0.6) is 0 Å². The predicted molar refractivity (Wildman–Crippen MR) is 108 cm³/mol. The highest BCUT2D eigenvalue weighted by atomic mass is 16.2. The van der Waals surface area contributed by atoms with Gasteiger partial charge in [0.25, 0.3) is 0 Å². The molecule has 2 aliphatic heterocycles. The molecule has 142 valence electrons. The fourth-order valence-corrected chi connectivity index (χ4v) is 4.68. The van der Waals surface area contributed by atoms with Crippen LogP contribution in [-0.4, -0.2) is 45.7 Å². The number of nitrogens with zero attached hydrogens (tertiary/aromatic N) is 2. The van der Waals surface area contributed by atoms with Crippen molar-refractivity contribution in [1.82, 2.24) is 14.8 Å². The molecule has 1 aromatic heterocycles. The molecule has 28 heavy (non-hydrogen) atoms. The van der Waals surface area contributed by atoms with Gasteiger partial charge in [-0.15, -0.1) is 0 Å². The molecule has 1 saturated heterocycles. The van der Waals surface area contributed by atoms with E-state index in [1.807, 2.05) is 49.4 Å². The number of aromatic amines is 1. The van der Waals surface area contributed by atoms with E-state index >= 15 is 0 Å². The number of rotatable bonds is 2. The Hall–Kier alpha value is -3.28. The first-order valence-corrected chi connectivity index (χ1v) is 9.64. The van der Waals surface area contributed by atoms with Crippen molar-refractivity contribution in [2.24, 2.45) is 0 Å². The minimum Gasteiger partial charge on any atom is -0.398 e. The average Bonchev–Trinajstić information content (AvgIpc) is 3.08. The van der Waals surface area contributed by atoms with Gasteiger partial charge in [-0.1, -0.05) is 36.4 Å². The zero-order valence-electron chi connectivity index (χ0n) is 15.7. The molecule has 2 aromatic carbocycles. The Bertz CT molecular complexity index is 1100. The van der Waals surface area contributed by atoms with Crippen molar-refractivity contribution in [2.75, 3.05) is 18.8 Å². The smallest absolute Gasteiger partial charge is 0.246 e. The maximum absolute atomic E-state index is 13.2. The van der Waals surface area contributed by atoms with Crippen molar-refractivity contribution in [1.29, 1.82) is 0 Å². The Morgan fingerprint density at radius 1 is 1.11 bits per heavy atom. The van der Waals surface area contributed by atoms with Crippen molar-refractivity contribution in [3.05, 3.63) is 65.4 Å². The van der Waals surface area contributed by atoms with E-state index in [9.17, 15) is 9.59 Å². The molecule has 0 aliphatic carbocycles. The van der Waals surface area contributed by atoms with Crippen LogP contribution in [0.25, 0.3) is 10.9 Å². The maximum Gasteiger partial charge on any atom is 0.246 e. The fraction of sp³-hybridized carbons (Fsp3) is 0.273. The van der Waals surface area contributed by atoms with Crippen LogP contribution in [0.15, 0.2) is 48.5 Å². The maximum atomic E-state index is 13.2. The number of hydrogen-bond donors (Lipinski definition) is 2. The van der Waals surface area contributed by atoms with Gasteiger partial charge in [-0.25, -0.2) is 0 Å². The topological polar surface area (TPSA) is 82.4 Å². The first-order chi connectivity index (χ1) is 13.6. The number of benzene rings is 2. The lowest BCUT2D eigenvalue weighted by Gasteiger charge is -2.47. The Kier molecular flexibility index (Phi) is 3.69. The largest absolute Gasteiger partial charge is 0.398 e. The number of amides is 2. The number of nitrogen functional groups attached to an aromatic ring is 1. The van der Waals surface area contributed by atoms with Crippen LogP contribution in [0.1, 0.15) is 29.8 Å². The van der Waals surface area contributed by atoms with Gasteiger partial charge in [0, 0.05) is 40.8 Å². The molecule has 1 unspecified atom stereocenters. The number of nitrogens with two attached hydrogens (primary N) is 1. The number of carbonyl (C=O) groups excluding carboxylic acids is 2. The molecular formula is C22H22N4O2. The van der Waals surface area contributed by atoms with Crippen LogP contribution < -0.4 is 5.73 Å². The van der Waals surface area contributed by atoms with Crippen molar-refractivity contribution in [3.63, 3.8) is 0 Å². The lowest BCUT2D eigenvalue weighted by atomic mass is 9.85. The second kappa shape index (κ2) is 6.12. The molecule has 0 radical (unpaired) electrons. The molecule has 5 rings (SSSR count). The van der Waals surface area contributed by atoms with E-state index < -0.39 is 12.1 Å². The SMILES string of the molecule is CCN1CC(=O)N2C(Cc3c([nH]c4ccccc34)[C@H]2c2ccccc2N)C1=O. The highest BCUT2D eigenvalue weighted by Crippen LogP contribution is 2.43. The van der Waals surface area contributed by atoms with Crippen LogP contribution in [0, 0.1) is 0 Å². The van der Waals surface area contributed by atoms with Gasteiger partial charge in [-0.3, -0.25) is 9.59 Å². The number of fused-ring (bicyclic) bond motifs is 4. The molecule has 2 aliphatic rings. The Morgan fingerprint density at radius 2 is 1.86 bits per heavy atom. The van der Waals surface area contributed by atoms with Crippen molar-refractivity contribution in [3.8, 4) is 0 Å². The van der Waals surface area contributed by atoms with Crippen LogP contribution in [0.2, 0.25) is 0 Å². The van der Waals surface area contributed by atoms with E-state index in [0.717, 1.165) is 27.7 Å². The lowest BCUT2D eigenvalue weighted by molar-refractivity contribution is -0.158.